The standard InChI is InChI=1S/C90H74B2N2O2/c1-55-32-34-59(35-33-55)63-36-40-73-79(45-63)93(77-42-38-67(89(5,6)7)51-71(77)60-25-13-11-14-26-60)81-47-65(69-30-19-17-23-57(69)3)49-85-87(81)91(73)75-53-76-84(54-83(75)95-85)96-86-50-66(70-31-20-18-24-58(70)4)48-82-88(86)92(76)74-41-37-64(62-29-21-22-56(2)44-62)46-80(74)94(82)78-43-39-68(90(8,9)10)52-72(78)61-27-15-12-16-28-61/h11-54H,1-10H3. The summed E-state index contributed by atoms with van der Waals surface area (Å²) in [5.41, 5.74) is 34.6. The zero-order valence-corrected chi connectivity index (χ0v) is 56.3. The van der Waals surface area contributed by atoms with Crippen molar-refractivity contribution < 1.29 is 9.47 Å². The summed E-state index contributed by atoms with van der Waals surface area (Å²) >= 11 is 0. The molecule has 0 saturated carbocycles. The van der Waals surface area contributed by atoms with Gasteiger partial charge in [-0.2, -0.15) is 0 Å². The number of benzene rings is 13. The van der Waals surface area contributed by atoms with Gasteiger partial charge in [0.1, 0.15) is 23.0 Å². The van der Waals surface area contributed by atoms with Crippen molar-refractivity contribution in [2.75, 3.05) is 9.80 Å². The number of anilines is 6. The lowest BCUT2D eigenvalue weighted by molar-refractivity contribution is 0.466. The van der Waals surface area contributed by atoms with Gasteiger partial charge in [0.2, 0.25) is 0 Å². The number of hydrogen-bond acceptors (Lipinski definition) is 4. The summed E-state index contributed by atoms with van der Waals surface area (Å²) in [6, 6.07) is 100. The van der Waals surface area contributed by atoms with Crippen LogP contribution in [0.1, 0.15) is 74.9 Å². The number of rotatable bonds is 8. The summed E-state index contributed by atoms with van der Waals surface area (Å²) in [4.78, 5) is 5.14. The fourth-order valence-corrected chi connectivity index (χ4v) is 15.6. The van der Waals surface area contributed by atoms with E-state index in [1.807, 2.05) is 0 Å². The molecule has 0 aromatic heterocycles. The van der Waals surface area contributed by atoms with Crippen LogP contribution in [0.5, 0.6) is 23.0 Å². The van der Waals surface area contributed by atoms with Gasteiger partial charge in [-0.3, -0.25) is 0 Å². The predicted octanol–water partition coefficient (Wildman–Crippen LogP) is 20.3. The largest absolute Gasteiger partial charge is 0.458 e. The van der Waals surface area contributed by atoms with Gasteiger partial charge >= 0.3 is 0 Å². The van der Waals surface area contributed by atoms with E-state index < -0.39 is 0 Å². The van der Waals surface area contributed by atoms with Gasteiger partial charge in [0.05, 0.1) is 11.4 Å². The van der Waals surface area contributed by atoms with Gasteiger partial charge in [0.15, 0.2) is 0 Å². The molecule has 0 aliphatic carbocycles. The molecule has 0 spiro atoms. The quantitative estimate of drug-likeness (QED) is 0.142. The number of fused-ring (bicyclic) bond motifs is 8. The SMILES string of the molecule is Cc1ccc(-c2ccc3c(c2)N(c2ccc(C(C)(C)C)cc2-c2ccccc2)c2cc(-c4ccccc4C)cc4c2B3c2cc3c(cc2O4)Oc2cc(-c4ccccc4C)cc4c2B3c2ccc(-c3cccc(C)c3)cc2N4c2ccc(C(C)(C)C)cc2-c2ccccc2)cc1. The van der Waals surface area contributed by atoms with Crippen LogP contribution >= 0.6 is 0 Å². The molecular formula is C90H74B2N2O2. The topological polar surface area (TPSA) is 24.9 Å². The lowest BCUT2D eigenvalue weighted by Crippen LogP contribution is -2.63. The van der Waals surface area contributed by atoms with Crippen LogP contribution in [0.2, 0.25) is 0 Å². The van der Waals surface area contributed by atoms with Crippen LogP contribution in [0.15, 0.2) is 267 Å². The summed E-state index contributed by atoms with van der Waals surface area (Å²) in [5.74, 6) is 3.25. The van der Waals surface area contributed by atoms with Crippen molar-refractivity contribution in [3.63, 3.8) is 0 Å². The zero-order chi connectivity index (χ0) is 65.5. The maximum atomic E-state index is 7.67. The lowest BCUT2D eigenvalue weighted by Gasteiger charge is -2.43. The molecule has 462 valence electrons. The van der Waals surface area contributed by atoms with Gasteiger partial charge in [0.25, 0.3) is 13.4 Å². The van der Waals surface area contributed by atoms with E-state index >= 15 is 0 Å². The third-order valence-electron chi connectivity index (χ3n) is 20.7. The van der Waals surface area contributed by atoms with Gasteiger partial charge in [-0.25, -0.2) is 0 Å². The Morgan fingerprint density at radius 3 is 1.14 bits per heavy atom. The average Bonchev–Trinajstić information content (AvgIpc) is 0.696. The summed E-state index contributed by atoms with van der Waals surface area (Å²) in [7, 11) is 0. The lowest BCUT2D eigenvalue weighted by atomic mass is 9.31. The molecule has 0 N–H and O–H groups in total. The van der Waals surface area contributed by atoms with Crippen LogP contribution in [0, 0.1) is 27.7 Å². The first-order valence-electron chi connectivity index (χ1n) is 33.9. The molecule has 17 rings (SSSR count). The number of ether oxygens (including phenoxy) is 2. The molecule has 13 aromatic rings. The van der Waals surface area contributed by atoms with Gasteiger partial charge in [0, 0.05) is 39.9 Å². The Labute approximate surface area is 566 Å². The van der Waals surface area contributed by atoms with E-state index in [0.29, 0.717) is 0 Å². The van der Waals surface area contributed by atoms with Crippen LogP contribution in [0.3, 0.4) is 0 Å². The zero-order valence-electron chi connectivity index (χ0n) is 56.3. The molecule has 0 saturated heterocycles. The van der Waals surface area contributed by atoms with Gasteiger partial charge in [-0.1, -0.05) is 253 Å². The monoisotopic (exact) mass is 1240 g/mol. The Kier molecular flexibility index (Phi) is 13.8. The van der Waals surface area contributed by atoms with Crippen molar-refractivity contribution in [3.05, 3.63) is 300 Å². The highest BCUT2D eigenvalue weighted by Gasteiger charge is 2.48. The van der Waals surface area contributed by atoms with Gasteiger partial charge < -0.3 is 19.3 Å². The van der Waals surface area contributed by atoms with Crippen molar-refractivity contribution in [2.45, 2.75) is 80.1 Å². The third kappa shape index (κ3) is 9.82. The van der Waals surface area contributed by atoms with E-state index in [9.17, 15) is 0 Å². The van der Waals surface area contributed by atoms with Gasteiger partial charge in [-0.05, 0) is 210 Å². The molecule has 0 bridgehead atoms. The summed E-state index contributed by atoms with van der Waals surface area (Å²) in [6.07, 6.45) is 0. The highest BCUT2D eigenvalue weighted by atomic mass is 16.5. The molecule has 0 radical (unpaired) electrons. The Morgan fingerprint density at radius 1 is 0.260 bits per heavy atom. The minimum Gasteiger partial charge on any atom is -0.458 e. The molecule has 0 fully saturated rings. The van der Waals surface area contributed by atoms with Crippen molar-refractivity contribution in [1.29, 1.82) is 0 Å². The maximum absolute atomic E-state index is 7.67. The predicted molar refractivity (Wildman–Crippen MR) is 407 cm³/mol. The second-order valence-electron chi connectivity index (χ2n) is 29.1. The second-order valence-corrected chi connectivity index (χ2v) is 29.1. The molecule has 13 aromatic carbocycles. The minimum atomic E-state index is -0.232. The van der Waals surface area contributed by atoms with Crippen molar-refractivity contribution in [3.8, 4) is 89.8 Å². The summed E-state index contributed by atoms with van der Waals surface area (Å²) < 4.78 is 15.3. The highest BCUT2D eigenvalue weighted by Crippen LogP contribution is 2.51. The summed E-state index contributed by atoms with van der Waals surface area (Å²) in [6.45, 7) is 22.2. The van der Waals surface area contributed by atoms with Crippen LogP contribution in [0.25, 0.3) is 66.8 Å². The first-order chi connectivity index (χ1) is 46.5. The molecule has 4 aliphatic rings. The summed E-state index contributed by atoms with van der Waals surface area (Å²) in [5, 5.41) is 0. The van der Waals surface area contributed by atoms with Crippen LogP contribution in [0.4, 0.5) is 34.1 Å². The third-order valence-corrected chi connectivity index (χ3v) is 20.7. The molecule has 4 heterocycles. The van der Waals surface area contributed by atoms with E-state index in [4.69, 9.17) is 9.47 Å². The fourth-order valence-electron chi connectivity index (χ4n) is 15.6. The molecule has 0 unspecified atom stereocenters. The van der Waals surface area contributed by atoms with Crippen molar-refractivity contribution >= 4 is 80.3 Å². The van der Waals surface area contributed by atoms with Crippen LogP contribution < -0.4 is 52.1 Å². The molecule has 0 amide bonds. The second kappa shape index (κ2) is 22.4. The van der Waals surface area contributed by atoms with E-state index in [0.717, 1.165) is 123 Å². The van der Waals surface area contributed by atoms with Crippen molar-refractivity contribution in [2.24, 2.45) is 0 Å². The smallest absolute Gasteiger partial charge is 0.256 e. The first kappa shape index (κ1) is 59.0. The minimum absolute atomic E-state index is 0.0936. The molecule has 4 nitrogen and oxygen atoms in total. The first-order valence-corrected chi connectivity index (χ1v) is 33.9. The van der Waals surface area contributed by atoms with E-state index in [1.165, 1.54) is 66.6 Å². The van der Waals surface area contributed by atoms with Crippen molar-refractivity contribution in [1.82, 2.24) is 0 Å². The number of aryl methyl sites for hydroxylation is 4. The van der Waals surface area contributed by atoms with Crippen LogP contribution in [-0.2, 0) is 10.8 Å². The van der Waals surface area contributed by atoms with E-state index in [-0.39, 0.29) is 24.3 Å². The Morgan fingerprint density at radius 2 is 0.677 bits per heavy atom. The Balaban J connectivity index is 0.943. The normalized spacial score (nSPS) is 13.2. The molecule has 4 aliphatic heterocycles. The molecule has 96 heavy (non-hydrogen) atoms. The van der Waals surface area contributed by atoms with Crippen LogP contribution in [-0.4, -0.2) is 13.4 Å². The molecular weight excluding hydrogens is 1160 g/mol. The Bertz CT molecular complexity index is 5330. The maximum Gasteiger partial charge on any atom is 0.256 e. The number of nitrogens with zero attached hydrogens (tertiary/aromatic N) is 2. The van der Waals surface area contributed by atoms with Gasteiger partial charge in [-0.15, -0.1) is 0 Å². The van der Waals surface area contributed by atoms with E-state index in [1.54, 1.807) is 0 Å². The molecule has 0 atom stereocenters. The molecule has 6 heteroatoms. The highest BCUT2D eigenvalue weighted by molar-refractivity contribution is 7.02. The Hall–Kier alpha value is -10.8. The average molecular weight is 1240 g/mol. The number of hydrogen-bond donors (Lipinski definition) is 0. The fraction of sp³-hybridized carbons (Fsp3) is 0.133. The van der Waals surface area contributed by atoms with E-state index in [2.05, 4.69) is 346 Å².